The molecule has 0 aromatic heterocycles. The quantitative estimate of drug-likeness (QED) is 0.196. The monoisotopic (exact) mass is 529 g/mol. The Labute approximate surface area is 229 Å². The summed E-state index contributed by atoms with van der Waals surface area (Å²) in [5, 5.41) is 11.3. The Bertz CT molecular complexity index is 1330. The lowest BCUT2D eigenvalue weighted by atomic mass is 9.95. The average Bonchev–Trinajstić information content (AvgIpc) is 3.19. The minimum Gasteiger partial charge on any atom is -0.507 e. The van der Waals surface area contributed by atoms with Crippen LogP contribution in [0.4, 0.5) is 0 Å². The number of hydrogen-bond acceptors (Lipinski definition) is 6. The first kappa shape index (κ1) is 27.9. The number of carbonyl (C=O) groups is 2. The van der Waals surface area contributed by atoms with Crippen molar-refractivity contribution in [3.8, 4) is 11.5 Å². The fourth-order valence-corrected chi connectivity index (χ4v) is 4.40. The molecule has 1 aliphatic rings. The molecule has 39 heavy (non-hydrogen) atoms. The lowest BCUT2D eigenvalue weighted by Crippen LogP contribution is -2.32. The number of methoxy groups -OCH3 is 1. The van der Waals surface area contributed by atoms with Crippen LogP contribution >= 0.6 is 0 Å². The van der Waals surface area contributed by atoms with Gasteiger partial charge in [0, 0.05) is 19.2 Å². The first-order valence-electron chi connectivity index (χ1n) is 13.1. The van der Waals surface area contributed by atoms with E-state index in [9.17, 15) is 14.7 Å². The molecule has 0 bridgehead atoms. The summed E-state index contributed by atoms with van der Waals surface area (Å²) in [5.41, 5.74) is 3.31. The molecule has 1 aliphatic heterocycles. The Kier molecular flexibility index (Phi) is 9.04. The number of likely N-dealkylation sites (tertiary alicyclic amines) is 1. The van der Waals surface area contributed by atoms with Gasteiger partial charge < -0.3 is 24.2 Å². The number of aliphatic hydroxyl groups is 1. The second-order valence-corrected chi connectivity index (χ2v) is 10.1. The van der Waals surface area contributed by atoms with Gasteiger partial charge in [-0.25, -0.2) is 0 Å². The number of aliphatic hydroxyl groups excluding tert-OH is 1. The summed E-state index contributed by atoms with van der Waals surface area (Å²) in [5.74, 6) is -0.0218. The van der Waals surface area contributed by atoms with Crippen LogP contribution in [0, 0.1) is 12.8 Å². The summed E-state index contributed by atoms with van der Waals surface area (Å²) < 4.78 is 17.0. The zero-order valence-electron chi connectivity index (χ0n) is 22.8. The Morgan fingerprint density at radius 2 is 1.67 bits per heavy atom. The van der Waals surface area contributed by atoms with Crippen LogP contribution in [0.15, 0.2) is 78.4 Å². The zero-order valence-corrected chi connectivity index (χ0v) is 22.8. The van der Waals surface area contributed by atoms with Crippen molar-refractivity contribution in [3.63, 3.8) is 0 Å². The Morgan fingerprint density at radius 3 is 2.33 bits per heavy atom. The number of hydrogen-bond donors (Lipinski definition) is 1. The molecule has 0 saturated carbocycles. The van der Waals surface area contributed by atoms with E-state index in [0.29, 0.717) is 41.8 Å². The smallest absolute Gasteiger partial charge is 0.295 e. The lowest BCUT2D eigenvalue weighted by molar-refractivity contribution is -0.140. The summed E-state index contributed by atoms with van der Waals surface area (Å²) in [7, 11) is 1.54. The molecule has 1 fully saturated rings. The molecule has 4 rings (SSSR count). The highest BCUT2D eigenvalue weighted by atomic mass is 16.5. The van der Waals surface area contributed by atoms with E-state index >= 15 is 0 Å². The molecule has 0 aliphatic carbocycles. The van der Waals surface area contributed by atoms with Gasteiger partial charge >= 0.3 is 0 Å². The number of nitrogens with zero attached hydrogens (tertiary/aromatic N) is 1. The molecule has 1 N–H and O–H groups in total. The zero-order chi connectivity index (χ0) is 27.9. The molecule has 1 saturated heterocycles. The second-order valence-electron chi connectivity index (χ2n) is 10.1. The van der Waals surface area contributed by atoms with E-state index in [4.69, 9.17) is 14.2 Å². The van der Waals surface area contributed by atoms with E-state index in [0.717, 1.165) is 5.56 Å². The number of Topliss-reactive ketones (excluding diaryl/α,β-unsaturated/α-hetero) is 1. The number of carbonyl (C=O) groups excluding carboxylic acids is 2. The topological polar surface area (TPSA) is 85.3 Å². The van der Waals surface area contributed by atoms with Crippen LogP contribution in [0.5, 0.6) is 11.5 Å². The lowest BCUT2D eigenvalue weighted by Gasteiger charge is -2.25. The van der Waals surface area contributed by atoms with Crippen LogP contribution in [0.1, 0.15) is 42.1 Å². The molecule has 0 spiro atoms. The molecule has 7 nitrogen and oxygen atoms in total. The molecule has 7 heteroatoms. The average molecular weight is 530 g/mol. The minimum atomic E-state index is -0.792. The fraction of sp³-hybridized carbons (Fsp3) is 0.312. The van der Waals surface area contributed by atoms with E-state index in [1.165, 1.54) is 17.6 Å². The normalized spacial score (nSPS) is 16.6. The summed E-state index contributed by atoms with van der Waals surface area (Å²) >= 11 is 0. The first-order chi connectivity index (χ1) is 18.8. The van der Waals surface area contributed by atoms with Gasteiger partial charge in [0.1, 0.15) is 23.9 Å². The van der Waals surface area contributed by atoms with Crippen molar-refractivity contribution < 1.29 is 28.9 Å². The molecule has 3 aromatic carbocycles. The molecule has 0 radical (unpaired) electrons. The molecule has 3 aromatic rings. The largest absolute Gasteiger partial charge is 0.507 e. The van der Waals surface area contributed by atoms with Crippen LogP contribution in [0.2, 0.25) is 0 Å². The van der Waals surface area contributed by atoms with Crippen LogP contribution in [-0.4, -0.2) is 48.6 Å². The van der Waals surface area contributed by atoms with E-state index in [1.807, 2.05) is 49.4 Å². The van der Waals surface area contributed by atoms with Gasteiger partial charge in [-0.05, 0) is 60.4 Å². The molecular weight excluding hydrogens is 494 g/mol. The van der Waals surface area contributed by atoms with Crippen LogP contribution in [-0.2, 0) is 20.9 Å². The predicted octanol–water partition coefficient (Wildman–Crippen LogP) is 5.68. The number of ether oxygens (including phenoxy) is 3. The van der Waals surface area contributed by atoms with Crippen molar-refractivity contribution in [3.05, 3.63) is 101 Å². The second kappa shape index (κ2) is 12.6. The Balaban J connectivity index is 1.67. The highest BCUT2D eigenvalue weighted by Gasteiger charge is 2.46. The highest BCUT2D eigenvalue weighted by molar-refractivity contribution is 6.46. The van der Waals surface area contributed by atoms with Gasteiger partial charge in [0.15, 0.2) is 0 Å². The maximum absolute atomic E-state index is 13.2. The summed E-state index contributed by atoms with van der Waals surface area (Å²) in [6.07, 6.45) is 0. The van der Waals surface area contributed by atoms with Gasteiger partial charge in [-0.3, -0.25) is 9.59 Å². The minimum absolute atomic E-state index is 0.0302. The van der Waals surface area contributed by atoms with Crippen molar-refractivity contribution in [2.24, 2.45) is 5.92 Å². The maximum Gasteiger partial charge on any atom is 0.295 e. The standard InChI is InChI=1S/C32H35NO6/c1-21(2)19-38-26-14-12-24(13-15-26)30(34)28-29(33(16-17-37-4)32(36)31(28)35)25-6-5-7-27(18-25)39-20-23-10-8-22(3)9-11-23/h5-15,18,21,29,34H,16-17,19-20H2,1-4H3/b30-28-. The third kappa shape index (κ3) is 6.67. The SMILES string of the molecule is COCCN1C(=O)C(=O)/C(=C(\O)c2ccc(OCC(C)C)cc2)C1c1cccc(OCc2ccc(C)cc2)c1. The number of aryl methyl sites for hydroxylation is 1. The third-order valence-corrected chi connectivity index (χ3v) is 6.49. The number of benzene rings is 3. The van der Waals surface area contributed by atoms with Crippen LogP contribution in [0.25, 0.3) is 5.76 Å². The van der Waals surface area contributed by atoms with Gasteiger partial charge in [0.25, 0.3) is 11.7 Å². The summed E-state index contributed by atoms with van der Waals surface area (Å²) in [6.45, 7) is 7.53. The summed E-state index contributed by atoms with van der Waals surface area (Å²) in [6, 6.07) is 21.4. The predicted molar refractivity (Wildman–Crippen MR) is 150 cm³/mol. The maximum atomic E-state index is 13.2. The van der Waals surface area contributed by atoms with Gasteiger partial charge in [-0.1, -0.05) is 55.8 Å². The summed E-state index contributed by atoms with van der Waals surface area (Å²) in [4.78, 5) is 27.8. The van der Waals surface area contributed by atoms with E-state index in [1.54, 1.807) is 30.3 Å². The van der Waals surface area contributed by atoms with Crippen molar-refractivity contribution in [1.82, 2.24) is 4.90 Å². The van der Waals surface area contributed by atoms with Crippen molar-refractivity contribution in [2.45, 2.75) is 33.4 Å². The number of ketones is 1. The third-order valence-electron chi connectivity index (χ3n) is 6.49. The number of rotatable bonds is 11. The fourth-order valence-electron chi connectivity index (χ4n) is 4.40. The van der Waals surface area contributed by atoms with E-state index in [-0.39, 0.29) is 24.5 Å². The van der Waals surface area contributed by atoms with Crippen molar-refractivity contribution >= 4 is 17.4 Å². The van der Waals surface area contributed by atoms with Crippen molar-refractivity contribution in [1.29, 1.82) is 0 Å². The molecule has 1 amide bonds. The first-order valence-corrected chi connectivity index (χ1v) is 13.1. The van der Waals surface area contributed by atoms with Gasteiger partial charge in [-0.15, -0.1) is 0 Å². The molecule has 1 heterocycles. The molecule has 1 unspecified atom stereocenters. The highest BCUT2D eigenvalue weighted by Crippen LogP contribution is 2.40. The van der Waals surface area contributed by atoms with Crippen molar-refractivity contribution in [2.75, 3.05) is 26.9 Å². The van der Waals surface area contributed by atoms with Gasteiger partial charge in [-0.2, -0.15) is 0 Å². The van der Waals surface area contributed by atoms with E-state index in [2.05, 4.69) is 13.8 Å². The Morgan fingerprint density at radius 1 is 0.949 bits per heavy atom. The van der Waals surface area contributed by atoms with Crippen LogP contribution in [0.3, 0.4) is 0 Å². The number of amides is 1. The molecular formula is C32H35NO6. The molecule has 1 atom stereocenters. The Hall–Kier alpha value is -4.10. The van der Waals surface area contributed by atoms with Gasteiger partial charge in [0.2, 0.25) is 0 Å². The molecule has 204 valence electrons. The van der Waals surface area contributed by atoms with Crippen LogP contribution < -0.4 is 9.47 Å². The van der Waals surface area contributed by atoms with E-state index < -0.39 is 17.7 Å². The van der Waals surface area contributed by atoms with Gasteiger partial charge in [0.05, 0.1) is 24.8 Å².